The molecule has 36 heavy (non-hydrogen) atoms. The predicted octanol–water partition coefficient (Wildman–Crippen LogP) is 6.11. The van der Waals surface area contributed by atoms with Gasteiger partial charge in [0.2, 0.25) is 6.43 Å². The van der Waals surface area contributed by atoms with Gasteiger partial charge in [-0.3, -0.25) is 0 Å². The van der Waals surface area contributed by atoms with Crippen LogP contribution < -0.4 is 0 Å². The third kappa shape index (κ3) is 4.79. The standard InChI is InChI=1S/C27H31F2N5O2/c1-16-11-19(14-34-25(16)30-15-31-34)24-21(13-23(28)29)20-12-18(5-6-22(20)32-24)17-7-9-33(10-8-17)26(35)36-27(2,3)4/h5-6,11-12,14-15,17,23,32H,7-10,13H2,1-4H3. The highest BCUT2D eigenvalue weighted by molar-refractivity contribution is 5.91. The molecule has 0 radical (unpaired) electrons. The number of H-pyrrole nitrogens is 1. The average molecular weight is 496 g/mol. The molecule has 4 heterocycles. The number of likely N-dealkylation sites (tertiary alicyclic amines) is 1. The summed E-state index contributed by atoms with van der Waals surface area (Å²) >= 11 is 0. The summed E-state index contributed by atoms with van der Waals surface area (Å²) in [6, 6.07) is 8.04. The van der Waals surface area contributed by atoms with E-state index in [1.165, 1.54) is 6.33 Å². The van der Waals surface area contributed by atoms with Crippen molar-refractivity contribution in [3.8, 4) is 11.3 Å². The van der Waals surface area contributed by atoms with Crippen LogP contribution >= 0.6 is 0 Å². The van der Waals surface area contributed by atoms with Crippen molar-refractivity contribution in [2.75, 3.05) is 13.1 Å². The van der Waals surface area contributed by atoms with E-state index in [9.17, 15) is 13.6 Å². The largest absolute Gasteiger partial charge is 0.444 e. The molecule has 1 N–H and O–H groups in total. The molecule has 1 aliphatic heterocycles. The number of hydrogen-bond donors (Lipinski definition) is 1. The van der Waals surface area contributed by atoms with E-state index in [2.05, 4.69) is 21.1 Å². The van der Waals surface area contributed by atoms with E-state index in [0.717, 1.165) is 46.1 Å². The topological polar surface area (TPSA) is 75.5 Å². The predicted molar refractivity (Wildman–Crippen MR) is 135 cm³/mol. The van der Waals surface area contributed by atoms with Crippen molar-refractivity contribution in [2.45, 2.75) is 64.9 Å². The van der Waals surface area contributed by atoms with Gasteiger partial charge in [0.1, 0.15) is 11.9 Å². The maximum absolute atomic E-state index is 13.7. The van der Waals surface area contributed by atoms with Gasteiger partial charge in [-0.05, 0) is 81.3 Å². The Morgan fingerprint density at radius 1 is 1.22 bits per heavy atom. The molecule has 1 fully saturated rings. The van der Waals surface area contributed by atoms with Gasteiger partial charge < -0.3 is 14.6 Å². The average Bonchev–Trinajstić information content (AvgIpc) is 3.43. The van der Waals surface area contributed by atoms with Crippen LogP contribution in [-0.2, 0) is 11.2 Å². The molecule has 9 heteroatoms. The van der Waals surface area contributed by atoms with Gasteiger partial charge in [-0.15, -0.1) is 0 Å². The molecule has 1 aliphatic rings. The first-order valence-electron chi connectivity index (χ1n) is 12.3. The third-order valence-corrected chi connectivity index (χ3v) is 6.75. The second kappa shape index (κ2) is 9.19. The zero-order valence-corrected chi connectivity index (χ0v) is 21.0. The molecule has 3 aromatic heterocycles. The fraction of sp³-hybridized carbons (Fsp3) is 0.444. The summed E-state index contributed by atoms with van der Waals surface area (Å²) < 4.78 is 34.6. The molecule has 0 aliphatic carbocycles. The molecule has 190 valence electrons. The summed E-state index contributed by atoms with van der Waals surface area (Å²) in [5.74, 6) is 0.250. The number of alkyl halides is 2. The fourth-order valence-electron chi connectivity index (χ4n) is 5.08. The lowest BCUT2D eigenvalue weighted by Gasteiger charge is -2.33. The second-order valence-corrected chi connectivity index (χ2v) is 10.6. The number of aryl methyl sites for hydroxylation is 1. The Morgan fingerprint density at radius 2 is 1.97 bits per heavy atom. The van der Waals surface area contributed by atoms with Crippen molar-refractivity contribution in [3.63, 3.8) is 0 Å². The van der Waals surface area contributed by atoms with Crippen LogP contribution in [0.3, 0.4) is 0 Å². The first-order valence-corrected chi connectivity index (χ1v) is 12.3. The van der Waals surface area contributed by atoms with E-state index in [1.54, 1.807) is 9.42 Å². The maximum Gasteiger partial charge on any atom is 0.410 e. The minimum atomic E-state index is -2.47. The van der Waals surface area contributed by atoms with Gasteiger partial charge >= 0.3 is 6.09 Å². The maximum atomic E-state index is 13.7. The normalized spacial score (nSPS) is 15.4. The number of rotatable bonds is 4. The zero-order valence-electron chi connectivity index (χ0n) is 21.0. The van der Waals surface area contributed by atoms with E-state index >= 15 is 0 Å². The second-order valence-electron chi connectivity index (χ2n) is 10.6. The molecule has 0 saturated carbocycles. The van der Waals surface area contributed by atoms with Crippen LogP contribution in [0.1, 0.15) is 56.2 Å². The molecule has 1 aromatic carbocycles. The van der Waals surface area contributed by atoms with Crippen LogP contribution in [0.15, 0.2) is 36.8 Å². The first-order chi connectivity index (χ1) is 17.1. The molecule has 5 rings (SSSR count). The quantitative estimate of drug-likeness (QED) is 0.371. The number of carbonyl (C=O) groups is 1. The summed E-state index contributed by atoms with van der Waals surface area (Å²) in [6.07, 6.45) is 1.80. The van der Waals surface area contributed by atoms with Gasteiger partial charge in [-0.25, -0.2) is 23.1 Å². The minimum absolute atomic E-state index is 0.250. The first kappa shape index (κ1) is 24.2. The summed E-state index contributed by atoms with van der Waals surface area (Å²) in [4.78, 5) is 21.8. The third-order valence-electron chi connectivity index (χ3n) is 6.75. The molecule has 0 spiro atoms. The van der Waals surface area contributed by atoms with Gasteiger partial charge in [0.15, 0.2) is 5.65 Å². The van der Waals surface area contributed by atoms with Crippen molar-refractivity contribution < 1.29 is 18.3 Å². The molecule has 0 bridgehead atoms. The Morgan fingerprint density at radius 3 is 2.67 bits per heavy atom. The Labute approximate surface area is 208 Å². The zero-order chi connectivity index (χ0) is 25.6. The number of piperidine rings is 1. The molecule has 4 aromatic rings. The summed E-state index contributed by atoms with van der Waals surface area (Å²) in [6.45, 7) is 8.74. The highest BCUT2D eigenvalue weighted by Crippen LogP contribution is 2.36. The molecular formula is C27H31F2N5O2. The lowest BCUT2D eigenvalue weighted by atomic mass is 9.88. The van der Waals surface area contributed by atoms with Gasteiger partial charge in [-0.1, -0.05) is 6.07 Å². The Balaban J connectivity index is 1.45. The van der Waals surface area contributed by atoms with Gasteiger partial charge in [0, 0.05) is 42.2 Å². The van der Waals surface area contributed by atoms with Crippen molar-refractivity contribution in [1.29, 1.82) is 0 Å². The van der Waals surface area contributed by atoms with Gasteiger partial charge in [0.05, 0.1) is 5.69 Å². The summed E-state index contributed by atoms with van der Waals surface area (Å²) in [5, 5.41) is 5.04. The van der Waals surface area contributed by atoms with Crippen LogP contribution in [0.2, 0.25) is 0 Å². The molecule has 7 nitrogen and oxygen atoms in total. The number of pyridine rings is 1. The van der Waals surface area contributed by atoms with E-state index in [-0.39, 0.29) is 18.4 Å². The number of carbonyl (C=O) groups excluding carboxylic acids is 1. The highest BCUT2D eigenvalue weighted by atomic mass is 19.3. The van der Waals surface area contributed by atoms with Crippen molar-refractivity contribution in [1.82, 2.24) is 24.5 Å². The SMILES string of the molecule is Cc1cc(-c2[nH]c3ccc(C4CCN(C(=O)OC(C)(C)C)CC4)cc3c2CC(F)F)cn2ncnc12. The Bertz CT molecular complexity index is 1410. The molecule has 0 atom stereocenters. The van der Waals surface area contributed by atoms with Crippen LogP contribution in [0.5, 0.6) is 0 Å². The van der Waals surface area contributed by atoms with Crippen LogP contribution in [0, 0.1) is 6.92 Å². The number of benzene rings is 1. The fourth-order valence-corrected chi connectivity index (χ4v) is 5.08. The van der Waals surface area contributed by atoms with Crippen molar-refractivity contribution in [2.24, 2.45) is 0 Å². The van der Waals surface area contributed by atoms with Crippen molar-refractivity contribution >= 4 is 22.6 Å². The van der Waals surface area contributed by atoms with E-state index in [1.807, 2.05) is 52.1 Å². The Kier molecular flexibility index (Phi) is 6.18. The van der Waals surface area contributed by atoms with Crippen LogP contribution in [-0.4, -0.2) is 55.7 Å². The number of aromatic nitrogens is 4. The highest BCUT2D eigenvalue weighted by Gasteiger charge is 2.28. The van der Waals surface area contributed by atoms with Gasteiger partial charge in [-0.2, -0.15) is 5.10 Å². The number of aromatic amines is 1. The number of nitrogens with zero attached hydrogens (tertiary/aromatic N) is 4. The number of halogens is 2. The summed E-state index contributed by atoms with van der Waals surface area (Å²) in [7, 11) is 0. The summed E-state index contributed by atoms with van der Waals surface area (Å²) in [5.41, 5.74) is 5.15. The molecular weight excluding hydrogens is 464 g/mol. The lowest BCUT2D eigenvalue weighted by Crippen LogP contribution is -2.41. The lowest BCUT2D eigenvalue weighted by molar-refractivity contribution is 0.0205. The number of amides is 1. The molecule has 1 amide bonds. The molecule has 1 saturated heterocycles. The monoisotopic (exact) mass is 495 g/mol. The number of hydrogen-bond acceptors (Lipinski definition) is 4. The molecule has 0 unspecified atom stereocenters. The van der Waals surface area contributed by atoms with Crippen LogP contribution in [0.25, 0.3) is 27.8 Å². The number of nitrogens with one attached hydrogen (secondary N) is 1. The number of fused-ring (bicyclic) bond motifs is 2. The van der Waals surface area contributed by atoms with E-state index < -0.39 is 12.0 Å². The van der Waals surface area contributed by atoms with Gasteiger partial charge in [0.25, 0.3) is 0 Å². The number of ether oxygens (including phenoxy) is 1. The van der Waals surface area contributed by atoms with Crippen LogP contribution in [0.4, 0.5) is 13.6 Å². The van der Waals surface area contributed by atoms with Crippen molar-refractivity contribution in [3.05, 3.63) is 53.5 Å². The van der Waals surface area contributed by atoms with E-state index in [4.69, 9.17) is 4.74 Å². The smallest absolute Gasteiger partial charge is 0.410 e. The minimum Gasteiger partial charge on any atom is -0.444 e. The Hall–Kier alpha value is -3.49. The van der Waals surface area contributed by atoms with E-state index in [0.29, 0.717) is 24.3 Å².